The minimum atomic E-state index is -3.93. The molecule has 3 fully saturated rings. The second-order valence-electron chi connectivity index (χ2n) is 14.5. The number of nitrogens with zero attached hydrogens (tertiary/aromatic N) is 2. The lowest BCUT2D eigenvalue weighted by Gasteiger charge is -2.30. The number of carbonyl (C=O) groups excluding carboxylic acids is 6. The number of ether oxygens (including phenoxy) is 2. The van der Waals surface area contributed by atoms with Gasteiger partial charge in [-0.1, -0.05) is 37.1 Å². The SMILES string of the molecule is COC(=O)CCCC(=O)N[C@H]1CCCCCC=C[C@@H]2C[C@@]2(C(=O)NS(=O)(=O)C2CC2)NC(=O)[C@@H]2C[C@@H](OC(=O)N3Cc4cccc(F)c4C3)CN2C1=O. The Bertz CT molecular complexity index is 1780. The second kappa shape index (κ2) is 15.8. The summed E-state index contributed by atoms with van der Waals surface area (Å²) in [6, 6.07) is 2.29. The van der Waals surface area contributed by atoms with Crippen molar-refractivity contribution in [2.75, 3.05) is 13.7 Å². The van der Waals surface area contributed by atoms with Crippen LogP contribution in [0.2, 0.25) is 0 Å². The van der Waals surface area contributed by atoms with Crippen molar-refractivity contribution in [3.63, 3.8) is 0 Å². The summed E-state index contributed by atoms with van der Waals surface area (Å²) in [5.74, 6) is -4.04. The molecule has 5 aliphatic rings. The van der Waals surface area contributed by atoms with E-state index in [1.807, 2.05) is 6.08 Å². The first kappa shape index (κ1) is 38.2. The quantitative estimate of drug-likeness (QED) is 0.248. The molecule has 53 heavy (non-hydrogen) atoms. The first-order valence-corrected chi connectivity index (χ1v) is 19.8. The molecule has 1 aromatic rings. The number of hydrogen-bond acceptors (Lipinski definition) is 10. The molecule has 0 bridgehead atoms. The zero-order chi connectivity index (χ0) is 37.9. The third-order valence-electron chi connectivity index (χ3n) is 10.6. The molecule has 3 N–H and O–H groups in total. The largest absolute Gasteiger partial charge is 0.469 e. The van der Waals surface area contributed by atoms with Gasteiger partial charge in [-0.3, -0.25) is 33.6 Å². The Balaban J connectivity index is 1.23. The lowest BCUT2D eigenvalue weighted by atomic mass is 10.0. The lowest BCUT2D eigenvalue weighted by molar-refractivity contribution is -0.143. The second-order valence-corrected chi connectivity index (χ2v) is 16.5. The fourth-order valence-electron chi connectivity index (χ4n) is 7.34. The molecule has 2 aliphatic carbocycles. The van der Waals surface area contributed by atoms with Crippen molar-refractivity contribution in [1.82, 2.24) is 25.2 Å². The molecule has 5 atom stereocenters. The number of nitrogens with one attached hydrogen (secondary N) is 3. The van der Waals surface area contributed by atoms with E-state index in [1.54, 1.807) is 18.2 Å². The number of carbonyl (C=O) groups is 6. The normalized spacial score (nSPS) is 27.3. The highest BCUT2D eigenvalue weighted by atomic mass is 32.2. The fraction of sp³-hybridized carbons (Fsp3) is 0.611. The average molecular weight is 760 g/mol. The van der Waals surface area contributed by atoms with Gasteiger partial charge in [0.2, 0.25) is 27.7 Å². The lowest BCUT2D eigenvalue weighted by Crippen LogP contribution is -2.58. The number of allylic oxidation sites excluding steroid dienone is 1. The third-order valence-corrected chi connectivity index (χ3v) is 12.5. The van der Waals surface area contributed by atoms with Crippen molar-refractivity contribution in [3.05, 3.63) is 47.3 Å². The van der Waals surface area contributed by atoms with E-state index in [-0.39, 0.29) is 58.2 Å². The van der Waals surface area contributed by atoms with E-state index < -0.39 is 86.4 Å². The van der Waals surface area contributed by atoms with Gasteiger partial charge < -0.3 is 25.0 Å². The first-order valence-electron chi connectivity index (χ1n) is 18.2. The van der Waals surface area contributed by atoms with Gasteiger partial charge in [-0.25, -0.2) is 17.6 Å². The zero-order valence-corrected chi connectivity index (χ0v) is 30.5. The number of esters is 1. The van der Waals surface area contributed by atoms with Crippen LogP contribution in [0.3, 0.4) is 0 Å². The fourth-order valence-corrected chi connectivity index (χ4v) is 8.70. The van der Waals surface area contributed by atoms with E-state index >= 15 is 0 Å². The van der Waals surface area contributed by atoms with E-state index in [0.29, 0.717) is 43.2 Å². The van der Waals surface area contributed by atoms with Crippen molar-refractivity contribution in [2.45, 2.75) is 119 Å². The Morgan fingerprint density at radius 1 is 1.06 bits per heavy atom. The highest BCUT2D eigenvalue weighted by Gasteiger charge is 2.62. The van der Waals surface area contributed by atoms with Crippen molar-refractivity contribution >= 4 is 45.7 Å². The molecule has 3 aliphatic heterocycles. The number of amides is 5. The molecule has 3 heterocycles. The van der Waals surface area contributed by atoms with Gasteiger partial charge in [0.05, 0.1) is 25.4 Å². The van der Waals surface area contributed by atoms with Crippen LogP contribution < -0.4 is 15.4 Å². The van der Waals surface area contributed by atoms with Crippen molar-refractivity contribution in [3.8, 4) is 0 Å². The maximum Gasteiger partial charge on any atom is 0.410 e. The van der Waals surface area contributed by atoms with Crippen LogP contribution in [-0.4, -0.2) is 96.5 Å². The third kappa shape index (κ3) is 8.82. The molecule has 1 aromatic carbocycles. The summed E-state index contributed by atoms with van der Waals surface area (Å²) in [7, 11) is -2.68. The summed E-state index contributed by atoms with van der Waals surface area (Å²) in [4.78, 5) is 82.6. The van der Waals surface area contributed by atoms with E-state index in [2.05, 4.69) is 20.1 Å². The molecule has 15 nitrogen and oxygen atoms in total. The smallest absolute Gasteiger partial charge is 0.410 e. The van der Waals surface area contributed by atoms with Crippen LogP contribution in [0, 0.1) is 11.7 Å². The van der Waals surface area contributed by atoms with Crippen LogP contribution >= 0.6 is 0 Å². The maximum atomic E-state index is 14.4. The molecular formula is C36H46FN5O10S. The van der Waals surface area contributed by atoms with E-state index in [4.69, 9.17) is 4.74 Å². The summed E-state index contributed by atoms with van der Waals surface area (Å²) in [5.41, 5.74) is -0.553. The molecule has 0 unspecified atom stereocenters. The van der Waals surface area contributed by atoms with Crippen LogP contribution in [0.25, 0.3) is 0 Å². The molecule has 0 spiro atoms. The van der Waals surface area contributed by atoms with Crippen molar-refractivity contribution in [2.24, 2.45) is 5.92 Å². The minimum absolute atomic E-state index is 0.0134. The Morgan fingerprint density at radius 3 is 2.58 bits per heavy atom. The van der Waals surface area contributed by atoms with Crippen molar-refractivity contribution < 1.29 is 51.0 Å². The van der Waals surface area contributed by atoms with Gasteiger partial charge in [0.25, 0.3) is 5.91 Å². The van der Waals surface area contributed by atoms with Crippen LogP contribution in [0.5, 0.6) is 0 Å². The number of methoxy groups -OCH3 is 1. The Hall–Kier alpha value is -4.54. The van der Waals surface area contributed by atoms with Gasteiger partial charge in [-0.05, 0) is 56.6 Å². The van der Waals surface area contributed by atoms with Crippen LogP contribution in [0.1, 0.15) is 88.2 Å². The van der Waals surface area contributed by atoms with Crippen LogP contribution in [-0.2, 0) is 56.6 Å². The number of rotatable bonds is 9. The van der Waals surface area contributed by atoms with Gasteiger partial charge in [-0.15, -0.1) is 0 Å². The first-order chi connectivity index (χ1) is 25.3. The van der Waals surface area contributed by atoms with E-state index in [1.165, 1.54) is 23.0 Å². The molecule has 5 amide bonds. The number of sulfonamides is 1. The van der Waals surface area contributed by atoms with E-state index in [9.17, 15) is 41.6 Å². The summed E-state index contributed by atoms with van der Waals surface area (Å²) < 4.78 is 52.5. The van der Waals surface area contributed by atoms with Gasteiger partial charge in [0, 0.05) is 37.3 Å². The summed E-state index contributed by atoms with van der Waals surface area (Å²) in [6.45, 7) is -0.1000. The number of fused-ring (bicyclic) bond motifs is 3. The molecule has 2 saturated carbocycles. The molecule has 1 saturated heterocycles. The number of hydrogen-bond donors (Lipinski definition) is 3. The monoisotopic (exact) mass is 759 g/mol. The van der Waals surface area contributed by atoms with Gasteiger partial charge in [0.15, 0.2) is 0 Å². The van der Waals surface area contributed by atoms with Gasteiger partial charge in [0.1, 0.15) is 29.5 Å². The number of halogens is 1. The average Bonchev–Trinajstić information content (AvgIpc) is 4.00. The van der Waals surface area contributed by atoms with Crippen LogP contribution in [0.4, 0.5) is 9.18 Å². The molecule has 17 heteroatoms. The Morgan fingerprint density at radius 2 is 1.85 bits per heavy atom. The van der Waals surface area contributed by atoms with E-state index in [0.717, 1.165) is 6.42 Å². The highest BCUT2D eigenvalue weighted by Crippen LogP contribution is 2.46. The summed E-state index contributed by atoms with van der Waals surface area (Å²) >= 11 is 0. The van der Waals surface area contributed by atoms with Gasteiger partial charge >= 0.3 is 12.1 Å². The molecular weight excluding hydrogens is 713 g/mol. The standard InChI is InChI=1S/C36H46FN5O10S/c1-51-31(44)14-8-13-30(43)38-28-12-6-4-2-3-5-10-23-18-36(23,34(47)40-53(49,50)25-15-16-25)39-32(45)29-17-24(20-42(29)33(28)46)52-35(48)41-19-22-9-7-11-27(37)26(22)21-41/h5,7,9-11,23-25,28-29H,2-4,6,8,12-21H2,1H3,(H,38,43)(H,39,45)(H,40,47)/t23-,24-,28+,29+,36-/m1/s1. The zero-order valence-electron chi connectivity index (χ0n) is 29.6. The molecule has 0 radical (unpaired) electrons. The van der Waals surface area contributed by atoms with Crippen LogP contribution in [0.15, 0.2) is 30.4 Å². The number of benzene rings is 1. The minimum Gasteiger partial charge on any atom is -0.469 e. The maximum absolute atomic E-state index is 14.4. The molecule has 6 rings (SSSR count). The predicted molar refractivity (Wildman–Crippen MR) is 185 cm³/mol. The Kier molecular flexibility index (Phi) is 11.4. The molecule has 0 aromatic heterocycles. The predicted octanol–water partition coefficient (Wildman–Crippen LogP) is 2.08. The highest BCUT2D eigenvalue weighted by molar-refractivity contribution is 7.91. The topological polar surface area (TPSA) is 198 Å². The van der Waals surface area contributed by atoms with Gasteiger partial charge in [-0.2, -0.15) is 0 Å². The Labute approximate surface area is 307 Å². The van der Waals surface area contributed by atoms with Crippen molar-refractivity contribution in [1.29, 1.82) is 0 Å². The molecule has 288 valence electrons. The summed E-state index contributed by atoms with van der Waals surface area (Å²) in [5, 5.41) is 4.88. The summed E-state index contributed by atoms with van der Waals surface area (Å²) in [6.07, 6.45) is 5.95.